The van der Waals surface area contributed by atoms with Crippen LogP contribution in [0.15, 0.2) is 78.9 Å². The fourth-order valence-electron chi connectivity index (χ4n) is 3.48. The fraction of sp³-hybridized carbons (Fsp3) is 0.174. The molecule has 0 aliphatic carbocycles. The van der Waals surface area contributed by atoms with Gasteiger partial charge in [-0.3, -0.25) is 4.90 Å². The molecule has 1 amide bonds. The van der Waals surface area contributed by atoms with Crippen molar-refractivity contribution in [2.24, 2.45) is 0 Å². The van der Waals surface area contributed by atoms with E-state index in [0.717, 1.165) is 28.8 Å². The molecule has 3 nitrogen and oxygen atoms in total. The Balaban J connectivity index is 1.60. The highest BCUT2D eigenvalue weighted by atomic mass is 35.5. The van der Waals surface area contributed by atoms with Gasteiger partial charge in [-0.25, -0.2) is 4.79 Å². The third-order valence-corrected chi connectivity index (χ3v) is 5.40. The molecule has 1 aliphatic rings. The van der Waals surface area contributed by atoms with Gasteiger partial charge in [0.05, 0.1) is 0 Å². The summed E-state index contributed by atoms with van der Waals surface area (Å²) in [6.07, 6.45) is 0.392. The summed E-state index contributed by atoms with van der Waals surface area (Å²) < 4.78 is 5.86. The van der Waals surface area contributed by atoms with Crippen molar-refractivity contribution in [1.29, 1.82) is 0 Å². The SMILES string of the molecule is C[C@]1(c2ccccc2)CCN(c2cccc(-c3ccccc3Cl)c2)C(=O)O1. The average molecular weight is 378 g/mol. The number of amides is 1. The first kappa shape index (κ1) is 17.6. The molecular weight excluding hydrogens is 358 g/mol. The number of carbonyl (C=O) groups is 1. The molecule has 1 heterocycles. The number of anilines is 1. The quantitative estimate of drug-likeness (QED) is 0.538. The number of cyclic esters (lactones) is 1. The van der Waals surface area contributed by atoms with Gasteiger partial charge in [0, 0.05) is 29.2 Å². The molecule has 3 aromatic carbocycles. The number of hydrogen-bond donors (Lipinski definition) is 0. The third kappa shape index (κ3) is 3.43. The second-order valence-electron chi connectivity index (χ2n) is 6.90. The zero-order chi connectivity index (χ0) is 18.9. The summed E-state index contributed by atoms with van der Waals surface area (Å²) in [5.74, 6) is 0. The second kappa shape index (κ2) is 7.09. The standard InChI is InChI=1S/C23H20ClNO2/c1-23(18-9-3-2-4-10-18)14-15-25(22(26)27-23)19-11-7-8-17(16-19)20-12-5-6-13-21(20)24/h2-13,16H,14-15H2,1H3/t23-/m1/s1. The summed E-state index contributed by atoms with van der Waals surface area (Å²) >= 11 is 6.33. The first-order valence-electron chi connectivity index (χ1n) is 8.98. The highest BCUT2D eigenvalue weighted by Gasteiger charge is 2.38. The number of halogens is 1. The number of carbonyl (C=O) groups excluding carboxylic acids is 1. The lowest BCUT2D eigenvalue weighted by Gasteiger charge is -2.39. The van der Waals surface area contributed by atoms with Gasteiger partial charge < -0.3 is 4.74 Å². The van der Waals surface area contributed by atoms with Crippen LogP contribution in [0.4, 0.5) is 10.5 Å². The van der Waals surface area contributed by atoms with Crippen LogP contribution in [-0.2, 0) is 10.3 Å². The minimum atomic E-state index is -0.602. The van der Waals surface area contributed by atoms with Crippen LogP contribution in [0.25, 0.3) is 11.1 Å². The third-order valence-electron chi connectivity index (χ3n) is 5.07. The van der Waals surface area contributed by atoms with Crippen LogP contribution in [0.5, 0.6) is 0 Å². The predicted octanol–water partition coefficient (Wildman–Crippen LogP) is 6.27. The van der Waals surface area contributed by atoms with Gasteiger partial charge in [-0.1, -0.05) is 72.3 Å². The van der Waals surface area contributed by atoms with Gasteiger partial charge >= 0.3 is 6.09 Å². The van der Waals surface area contributed by atoms with E-state index >= 15 is 0 Å². The van der Waals surface area contributed by atoms with E-state index in [1.54, 1.807) is 4.90 Å². The van der Waals surface area contributed by atoms with E-state index in [1.165, 1.54) is 0 Å². The molecule has 4 rings (SSSR count). The summed E-state index contributed by atoms with van der Waals surface area (Å²) in [5.41, 5.74) is 3.15. The number of ether oxygens (including phenoxy) is 1. The maximum atomic E-state index is 12.8. The van der Waals surface area contributed by atoms with Crippen LogP contribution in [0.1, 0.15) is 18.9 Å². The van der Waals surface area contributed by atoms with Crippen molar-refractivity contribution in [3.63, 3.8) is 0 Å². The van der Waals surface area contributed by atoms with Crippen molar-refractivity contribution in [2.45, 2.75) is 18.9 Å². The second-order valence-corrected chi connectivity index (χ2v) is 7.30. The molecule has 1 saturated heterocycles. The Labute approximate surface area is 164 Å². The molecule has 1 aliphatic heterocycles. The van der Waals surface area contributed by atoms with Crippen molar-refractivity contribution in [2.75, 3.05) is 11.4 Å². The van der Waals surface area contributed by atoms with Gasteiger partial charge in [-0.05, 0) is 36.2 Å². The van der Waals surface area contributed by atoms with Crippen LogP contribution >= 0.6 is 11.6 Å². The van der Waals surface area contributed by atoms with Crippen molar-refractivity contribution in [3.8, 4) is 11.1 Å². The van der Waals surface area contributed by atoms with Crippen LogP contribution < -0.4 is 4.90 Å². The number of rotatable bonds is 3. The van der Waals surface area contributed by atoms with E-state index in [-0.39, 0.29) is 6.09 Å². The summed E-state index contributed by atoms with van der Waals surface area (Å²) in [5, 5.41) is 0.688. The maximum absolute atomic E-state index is 12.8. The van der Waals surface area contributed by atoms with Crippen LogP contribution in [0, 0.1) is 0 Å². The van der Waals surface area contributed by atoms with Crippen LogP contribution in [0.3, 0.4) is 0 Å². The minimum absolute atomic E-state index is 0.330. The lowest BCUT2D eigenvalue weighted by molar-refractivity contribution is 0.00583. The summed E-state index contributed by atoms with van der Waals surface area (Å²) in [6, 6.07) is 25.4. The number of nitrogens with zero attached hydrogens (tertiary/aromatic N) is 1. The normalized spacial score (nSPS) is 19.6. The molecular formula is C23H20ClNO2. The van der Waals surface area contributed by atoms with Gasteiger partial charge in [0.15, 0.2) is 0 Å². The minimum Gasteiger partial charge on any atom is -0.438 e. The molecule has 1 atom stereocenters. The Bertz CT molecular complexity index is 973. The largest absolute Gasteiger partial charge is 0.438 e. The number of hydrogen-bond acceptors (Lipinski definition) is 2. The van der Waals surface area contributed by atoms with E-state index in [2.05, 4.69) is 0 Å². The average Bonchev–Trinajstić information content (AvgIpc) is 2.69. The van der Waals surface area contributed by atoms with Gasteiger partial charge in [0.2, 0.25) is 0 Å². The van der Waals surface area contributed by atoms with Gasteiger partial charge in [0.25, 0.3) is 0 Å². The lowest BCUT2D eigenvalue weighted by Crippen LogP contribution is -2.46. The Morgan fingerprint density at radius 1 is 0.963 bits per heavy atom. The molecule has 4 heteroatoms. The molecule has 0 N–H and O–H groups in total. The highest BCUT2D eigenvalue weighted by molar-refractivity contribution is 6.33. The zero-order valence-corrected chi connectivity index (χ0v) is 15.8. The number of benzene rings is 3. The maximum Gasteiger partial charge on any atom is 0.415 e. The smallest absolute Gasteiger partial charge is 0.415 e. The van der Waals surface area contributed by atoms with E-state index in [1.807, 2.05) is 85.8 Å². The van der Waals surface area contributed by atoms with E-state index < -0.39 is 5.60 Å². The molecule has 1 fully saturated rings. The molecule has 0 radical (unpaired) electrons. The summed E-state index contributed by atoms with van der Waals surface area (Å²) in [4.78, 5) is 14.5. The van der Waals surface area contributed by atoms with Gasteiger partial charge in [-0.15, -0.1) is 0 Å². The lowest BCUT2D eigenvalue weighted by atomic mass is 9.91. The molecule has 27 heavy (non-hydrogen) atoms. The Kier molecular flexibility index (Phi) is 4.63. The zero-order valence-electron chi connectivity index (χ0n) is 15.1. The van der Waals surface area contributed by atoms with Crippen molar-refractivity contribution >= 4 is 23.4 Å². The first-order valence-corrected chi connectivity index (χ1v) is 9.36. The van der Waals surface area contributed by atoms with Crippen molar-refractivity contribution in [3.05, 3.63) is 89.4 Å². The van der Waals surface area contributed by atoms with Gasteiger partial charge in [-0.2, -0.15) is 0 Å². The monoisotopic (exact) mass is 377 g/mol. The molecule has 0 saturated carbocycles. The Morgan fingerprint density at radius 2 is 1.70 bits per heavy atom. The summed E-state index contributed by atoms with van der Waals surface area (Å²) in [7, 11) is 0. The van der Waals surface area contributed by atoms with E-state index in [0.29, 0.717) is 11.6 Å². The molecule has 3 aromatic rings. The molecule has 136 valence electrons. The molecule has 0 unspecified atom stereocenters. The molecule has 0 aromatic heterocycles. The Morgan fingerprint density at radius 3 is 2.44 bits per heavy atom. The van der Waals surface area contributed by atoms with Crippen molar-refractivity contribution < 1.29 is 9.53 Å². The highest BCUT2D eigenvalue weighted by Crippen LogP contribution is 2.36. The molecule has 0 bridgehead atoms. The molecule has 0 spiro atoms. The van der Waals surface area contributed by atoms with Crippen molar-refractivity contribution in [1.82, 2.24) is 0 Å². The van der Waals surface area contributed by atoms with Crippen LogP contribution in [-0.4, -0.2) is 12.6 Å². The topological polar surface area (TPSA) is 29.5 Å². The van der Waals surface area contributed by atoms with E-state index in [9.17, 15) is 4.79 Å². The Hall–Kier alpha value is -2.78. The first-order chi connectivity index (χ1) is 13.1. The van der Waals surface area contributed by atoms with E-state index in [4.69, 9.17) is 16.3 Å². The summed E-state index contributed by atoms with van der Waals surface area (Å²) in [6.45, 7) is 2.56. The van der Waals surface area contributed by atoms with Crippen LogP contribution in [0.2, 0.25) is 5.02 Å². The fourth-order valence-corrected chi connectivity index (χ4v) is 3.73. The predicted molar refractivity (Wildman–Crippen MR) is 109 cm³/mol. The van der Waals surface area contributed by atoms with Gasteiger partial charge in [0.1, 0.15) is 5.60 Å².